The molecular weight excluding hydrogens is 666 g/mol. The Morgan fingerprint density at radius 3 is 2.75 bits per heavy atom. The molecule has 6 aromatic rings. The van der Waals surface area contributed by atoms with Gasteiger partial charge < -0.3 is 19.1 Å². The zero-order chi connectivity index (χ0) is 32.9. The molecule has 0 amide bonds. The second-order valence-electron chi connectivity index (χ2n) is 12.2. The van der Waals surface area contributed by atoms with Crippen LogP contribution in [0.3, 0.4) is 0 Å². The van der Waals surface area contributed by atoms with Gasteiger partial charge in [0.25, 0.3) is 0 Å². The molecule has 5 heterocycles. The fourth-order valence-electron chi connectivity index (χ4n) is 7.00. The summed E-state index contributed by atoms with van der Waals surface area (Å²) < 4.78 is 18.3. The predicted octanol–water partition coefficient (Wildman–Crippen LogP) is 8.09. The van der Waals surface area contributed by atoms with Crippen LogP contribution in [0.25, 0.3) is 32.8 Å². The molecule has 48 heavy (non-hydrogen) atoms. The Bertz CT molecular complexity index is 2220. The number of carboxylic acids is 1. The van der Waals surface area contributed by atoms with Crippen molar-refractivity contribution < 1.29 is 19.4 Å². The fraction of sp³-hybridized carbons (Fsp3) is 0.306. The van der Waals surface area contributed by atoms with Crippen LogP contribution < -0.4 is 4.74 Å². The number of carboxylic acid groups (broad SMARTS) is 1. The number of hydrogen-bond acceptors (Lipinski definition) is 7. The molecule has 2 aliphatic rings. The predicted molar refractivity (Wildman–Crippen MR) is 191 cm³/mol. The van der Waals surface area contributed by atoms with Crippen LogP contribution in [0.4, 0.5) is 0 Å². The van der Waals surface area contributed by atoms with E-state index in [2.05, 4.69) is 30.3 Å². The summed E-state index contributed by atoms with van der Waals surface area (Å²) in [5, 5.41) is 24.0. The van der Waals surface area contributed by atoms with Gasteiger partial charge in [0.05, 0.1) is 43.4 Å². The van der Waals surface area contributed by atoms with Gasteiger partial charge >= 0.3 is 5.97 Å². The van der Waals surface area contributed by atoms with Crippen LogP contribution in [0.2, 0.25) is 5.02 Å². The van der Waals surface area contributed by atoms with Crippen molar-refractivity contribution in [1.82, 2.24) is 24.1 Å². The van der Waals surface area contributed by atoms with E-state index in [0.717, 1.165) is 77.7 Å². The normalized spacial score (nSPS) is 15.6. The summed E-state index contributed by atoms with van der Waals surface area (Å²) in [6.07, 6.45) is 0.615. The Hall–Kier alpha value is -3.90. The van der Waals surface area contributed by atoms with Gasteiger partial charge in [0.2, 0.25) is 0 Å². The molecule has 1 N–H and O–H groups in total. The Morgan fingerprint density at radius 1 is 1.00 bits per heavy atom. The maximum absolute atomic E-state index is 12.8. The first-order chi connectivity index (χ1) is 23.4. The molecule has 0 fully saturated rings. The van der Waals surface area contributed by atoms with Gasteiger partial charge in [0, 0.05) is 73.9 Å². The molecular formula is C36H34ClN5O4S2. The van der Waals surface area contributed by atoms with Crippen LogP contribution in [0.15, 0.2) is 59.5 Å². The van der Waals surface area contributed by atoms with Crippen molar-refractivity contribution >= 4 is 62.8 Å². The van der Waals surface area contributed by atoms with Crippen LogP contribution in [-0.2, 0) is 48.7 Å². The van der Waals surface area contributed by atoms with Crippen molar-refractivity contribution in [2.75, 3.05) is 13.2 Å². The number of benzene rings is 3. The molecule has 0 spiro atoms. The van der Waals surface area contributed by atoms with Crippen molar-refractivity contribution in [3.63, 3.8) is 0 Å². The second kappa shape index (κ2) is 12.9. The Balaban J connectivity index is 1.27. The third-order valence-electron chi connectivity index (χ3n) is 9.18. The van der Waals surface area contributed by atoms with Gasteiger partial charge in [-0.3, -0.25) is 9.36 Å². The van der Waals surface area contributed by atoms with Crippen LogP contribution in [0.1, 0.15) is 45.2 Å². The number of rotatable bonds is 1. The summed E-state index contributed by atoms with van der Waals surface area (Å²) in [5.41, 5.74) is 7.58. The van der Waals surface area contributed by atoms with Crippen molar-refractivity contribution in [3.05, 3.63) is 93.7 Å². The monoisotopic (exact) mass is 699 g/mol. The summed E-state index contributed by atoms with van der Waals surface area (Å²) in [6.45, 7) is 4.44. The smallest absolute Gasteiger partial charge is 0.352 e. The number of thioether (sulfide) groups is 2. The molecule has 2 aliphatic heterocycles. The van der Waals surface area contributed by atoms with E-state index in [9.17, 15) is 9.90 Å². The third kappa shape index (κ3) is 5.56. The van der Waals surface area contributed by atoms with E-state index >= 15 is 0 Å². The minimum atomic E-state index is -0.970. The van der Waals surface area contributed by atoms with Gasteiger partial charge in [-0.25, -0.2) is 4.79 Å². The Morgan fingerprint density at radius 2 is 1.88 bits per heavy atom. The summed E-state index contributed by atoms with van der Waals surface area (Å²) in [4.78, 5) is 13.9. The van der Waals surface area contributed by atoms with Gasteiger partial charge in [0.15, 0.2) is 0 Å². The number of fused-ring (bicyclic) bond motifs is 10. The molecule has 3 aromatic carbocycles. The lowest BCUT2D eigenvalue weighted by Gasteiger charge is -2.17. The molecule has 0 saturated heterocycles. The summed E-state index contributed by atoms with van der Waals surface area (Å²) in [7, 11) is 2.00. The van der Waals surface area contributed by atoms with E-state index < -0.39 is 5.97 Å². The van der Waals surface area contributed by atoms with Gasteiger partial charge in [0.1, 0.15) is 11.4 Å². The zero-order valence-electron chi connectivity index (χ0n) is 26.7. The van der Waals surface area contributed by atoms with Crippen molar-refractivity contribution in [1.29, 1.82) is 0 Å². The number of halogens is 1. The number of ether oxygens (including phenoxy) is 2. The van der Waals surface area contributed by atoms with Crippen LogP contribution in [-0.4, -0.2) is 48.4 Å². The summed E-state index contributed by atoms with van der Waals surface area (Å²) in [5.74, 6) is 2.00. The van der Waals surface area contributed by atoms with E-state index in [1.54, 1.807) is 23.5 Å². The van der Waals surface area contributed by atoms with E-state index in [1.165, 1.54) is 0 Å². The van der Waals surface area contributed by atoms with E-state index in [4.69, 9.17) is 31.3 Å². The molecule has 0 unspecified atom stereocenters. The lowest BCUT2D eigenvalue weighted by molar-refractivity contribution is 0.0684. The number of hydrogen-bond donors (Lipinski definition) is 1. The zero-order valence-corrected chi connectivity index (χ0v) is 29.1. The maximum Gasteiger partial charge on any atom is 0.352 e. The number of aromatic nitrogens is 5. The number of aromatic carboxylic acids is 1. The minimum absolute atomic E-state index is 0.263. The van der Waals surface area contributed by atoms with E-state index in [-0.39, 0.29) is 5.69 Å². The van der Waals surface area contributed by atoms with Gasteiger partial charge in [-0.1, -0.05) is 35.9 Å². The standard InChI is InChI=1S/C36H34ClN5O4S2/c1-21-32-29-9-8-27(37)33(32)34-28(39-42-11-13-45-17-30(34)42)20-47-18-23-15-24(40(2)38-23)19-48-25-14-22-6-3-4-7-26(22)31(16-25)46-12-5-10-41(29)35(21)36(43)44/h3-4,6-9,14-16H,5,10-13,17-20H2,1-2H3,(H,43,44). The van der Waals surface area contributed by atoms with E-state index in [1.807, 2.05) is 52.2 Å². The number of nitrogens with zero attached hydrogens (tertiary/aromatic N) is 5. The summed E-state index contributed by atoms with van der Waals surface area (Å²) in [6, 6.07) is 18.6. The minimum Gasteiger partial charge on any atom is -0.493 e. The highest BCUT2D eigenvalue weighted by molar-refractivity contribution is 7.98. The first-order valence-corrected chi connectivity index (χ1v) is 18.5. The van der Waals surface area contributed by atoms with Crippen LogP contribution in [0, 0.1) is 6.92 Å². The highest BCUT2D eigenvalue weighted by atomic mass is 35.5. The number of aryl methyl sites for hydroxylation is 3. The first kappa shape index (κ1) is 31.4. The van der Waals surface area contributed by atoms with Gasteiger partial charge in [-0.05, 0) is 54.6 Å². The fourth-order valence-corrected chi connectivity index (χ4v) is 9.09. The third-order valence-corrected chi connectivity index (χ3v) is 11.5. The molecule has 0 aliphatic carbocycles. The second-order valence-corrected chi connectivity index (χ2v) is 14.6. The van der Waals surface area contributed by atoms with Crippen molar-refractivity contribution in [3.8, 4) is 16.9 Å². The molecule has 0 saturated carbocycles. The SMILES string of the molecule is Cc1c(C(=O)O)n2c3ccc(Cl)c(c13)-c1c(nn3c1COCC3)CSCc1cc(n(C)n1)CSc1cc(c3ccccc3c1)OCCC2. The van der Waals surface area contributed by atoms with Gasteiger partial charge in [-0.2, -0.15) is 10.2 Å². The van der Waals surface area contributed by atoms with Crippen LogP contribution in [0.5, 0.6) is 5.75 Å². The van der Waals surface area contributed by atoms with Crippen LogP contribution >= 0.6 is 35.1 Å². The molecule has 9 nitrogen and oxygen atoms in total. The largest absolute Gasteiger partial charge is 0.493 e. The highest BCUT2D eigenvalue weighted by Gasteiger charge is 2.29. The molecule has 0 atom stereocenters. The topological polar surface area (TPSA) is 96.3 Å². The quantitative estimate of drug-likeness (QED) is 0.184. The highest BCUT2D eigenvalue weighted by Crippen LogP contribution is 2.44. The first-order valence-electron chi connectivity index (χ1n) is 16.0. The average molecular weight is 700 g/mol. The Labute approximate surface area is 291 Å². The lowest BCUT2D eigenvalue weighted by atomic mass is 9.96. The van der Waals surface area contributed by atoms with E-state index in [0.29, 0.717) is 55.7 Å². The Kier molecular flexibility index (Phi) is 8.40. The maximum atomic E-state index is 12.8. The molecule has 3 aromatic heterocycles. The molecule has 0 radical (unpaired) electrons. The van der Waals surface area contributed by atoms with Gasteiger partial charge in [-0.15, -0.1) is 23.5 Å². The van der Waals surface area contributed by atoms with Crippen molar-refractivity contribution in [2.45, 2.75) is 55.2 Å². The molecule has 8 bridgehead atoms. The van der Waals surface area contributed by atoms with Crippen molar-refractivity contribution in [2.24, 2.45) is 7.05 Å². The molecule has 8 rings (SSSR count). The lowest BCUT2D eigenvalue weighted by Crippen LogP contribution is -2.17. The summed E-state index contributed by atoms with van der Waals surface area (Å²) >= 11 is 10.6. The number of carbonyl (C=O) groups is 1. The molecule has 246 valence electrons. The average Bonchev–Trinajstić information content (AvgIpc) is 3.72. The molecule has 12 heteroatoms.